The molecule has 0 amide bonds. The molecule has 0 aliphatic carbocycles. The number of nitro benzene ring substituents is 1. The Kier molecular flexibility index (Phi) is 4.79. The smallest absolute Gasteiger partial charge is 0.306 e. The summed E-state index contributed by atoms with van der Waals surface area (Å²) in [5.74, 6) is -1.07. The summed E-state index contributed by atoms with van der Waals surface area (Å²) in [6.07, 6.45) is -4.06. The van der Waals surface area contributed by atoms with Crippen molar-refractivity contribution in [2.75, 3.05) is 7.11 Å². The van der Waals surface area contributed by atoms with E-state index in [0.717, 1.165) is 6.07 Å². The zero-order valence-corrected chi connectivity index (χ0v) is 10.0. The van der Waals surface area contributed by atoms with E-state index in [9.17, 15) is 25.1 Å². The average molecular weight is 271 g/mol. The molecule has 1 rings (SSSR count). The zero-order valence-electron chi connectivity index (χ0n) is 10.0. The minimum Gasteiger partial charge on any atom is -0.497 e. The van der Waals surface area contributed by atoms with Gasteiger partial charge in [0.2, 0.25) is 0 Å². The Labute approximate surface area is 108 Å². The fraction of sp³-hybridized carbons (Fsp3) is 0.364. The normalized spacial score (nSPS) is 13.6. The number of rotatable bonds is 6. The lowest BCUT2D eigenvalue weighted by atomic mass is 10.00. The molecule has 2 atom stereocenters. The fourth-order valence-electron chi connectivity index (χ4n) is 1.56. The van der Waals surface area contributed by atoms with E-state index >= 15 is 0 Å². The van der Waals surface area contributed by atoms with Gasteiger partial charge in [-0.1, -0.05) is 0 Å². The minimum atomic E-state index is -1.69. The van der Waals surface area contributed by atoms with Gasteiger partial charge in [-0.2, -0.15) is 0 Å². The molecule has 8 heteroatoms. The summed E-state index contributed by atoms with van der Waals surface area (Å²) in [4.78, 5) is 20.6. The number of carboxylic acids is 1. The van der Waals surface area contributed by atoms with Crippen LogP contribution in [0.25, 0.3) is 0 Å². The maximum absolute atomic E-state index is 10.8. The Hall–Kier alpha value is -2.19. The summed E-state index contributed by atoms with van der Waals surface area (Å²) in [6, 6.07) is 3.64. The third-order valence-corrected chi connectivity index (χ3v) is 2.50. The third kappa shape index (κ3) is 3.63. The third-order valence-electron chi connectivity index (χ3n) is 2.50. The van der Waals surface area contributed by atoms with Gasteiger partial charge < -0.3 is 20.1 Å². The van der Waals surface area contributed by atoms with Gasteiger partial charge in [0.15, 0.2) is 0 Å². The first-order valence-corrected chi connectivity index (χ1v) is 5.27. The van der Waals surface area contributed by atoms with E-state index in [4.69, 9.17) is 9.84 Å². The van der Waals surface area contributed by atoms with Crippen LogP contribution >= 0.6 is 0 Å². The lowest BCUT2D eigenvalue weighted by Gasteiger charge is -2.17. The average Bonchev–Trinajstić information content (AvgIpc) is 2.36. The molecule has 0 aliphatic rings. The molecule has 1 aromatic carbocycles. The second-order valence-corrected chi connectivity index (χ2v) is 3.79. The molecule has 0 aromatic heterocycles. The molecule has 8 nitrogen and oxygen atoms in total. The Balaban J connectivity index is 3.14. The van der Waals surface area contributed by atoms with Gasteiger partial charge in [0.25, 0.3) is 5.69 Å². The number of methoxy groups -OCH3 is 1. The van der Waals surface area contributed by atoms with Crippen LogP contribution in [0.5, 0.6) is 5.75 Å². The molecule has 0 radical (unpaired) electrons. The number of carboxylic acid groups (broad SMARTS) is 1. The largest absolute Gasteiger partial charge is 0.497 e. The molecule has 1 aromatic rings. The van der Waals surface area contributed by atoms with Gasteiger partial charge >= 0.3 is 5.97 Å². The van der Waals surface area contributed by atoms with Crippen molar-refractivity contribution < 1.29 is 29.8 Å². The predicted octanol–water partition coefficient (Wildman–Crippen LogP) is 0.472. The van der Waals surface area contributed by atoms with E-state index < -0.39 is 35.2 Å². The number of aliphatic hydroxyl groups excluding tert-OH is 2. The van der Waals surface area contributed by atoms with E-state index in [1.807, 2.05) is 0 Å². The molecule has 0 saturated heterocycles. The van der Waals surface area contributed by atoms with Gasteiger partial charge in [-0.3, -0.25) is 14.9 Å². The number of carbonyl (C=O) groups is 1. The topological polar surface area (TPSA) is 130 Å². The number of hydrogen-bond acceptors (Lipinski definition) is 6. The fourth-order valence-corrected chi connectivity index (χ4v) is 1.56. The van der Waals surface area contributed by atoms with Crippen LogP contribution in [0.15, 0.2) is 18.2 Å². The SMILES string of the molecule is COc1ccc([N+](=O)[O-])c(C(O)C(O)CC(=O)O)c1. The Morgan fingerprint density at radius 3 is 2.58 bits per heavy atom. The summed E-state index contributed by atoms with van der Waals surface area (Å²) in [6.45, 7) is 0. The van der Waals surface area contributed by atoms with Crippen LogP contribution in [-0.4, -0.2) is 39.4 Å². The number of aliphatic carboxylic acids is 1. The molecule has 0 bridgehead atoms. The Bertz CT molecular complexity index is 488. The molecule has 0 heterocycles. The van der Waals surface area contributed by atoms with Gasteiger partial charge in [-0.25, -0.2) is 0 Å². The molecule has 0 spiro atoms. The van der Waals surface area contributed by atoms with Crippen molar-refractivity contribution in [3.05, 3.63) is 33.9 Å². The van der Waals surface area contributed by atoms with Gasteiger partial charge in [0.1, 0.15) is 11.9 Å². The lowest BCUT2D eigenvalue weighted by molar-refractivity contribution is -0.386. The number of benzene rings is 1. The van der Waals surface area contributed by atoms with Crippen LogP contribution in [0, 0.1) is 10.1 Å². The van der Waals surface area contributed by atoms with Crippen molar-refractivity contribution in [2.45, 2.75) is 18.6 Å². The van der Waals surface area contributed by atoms with Gasteiger partial charge in [0.05, 0.1) is 30.1 Å². The van der Waals surface area contributed by atoms with Gasteiger partial charge in [-0.05, 0) is 12.1 Å². The van der Waals surface area contributed by atoms with Crippen molar-refractivity contribution in [2.24, 2.45) is 0 Å². The van der Waals surface area contributed by atoms with Crippen LogP contribution in [-0.2, 0) is 4.79 Å². The van der Waals surface area contributed by atoms with Crippen molar-refractivity contribution in [1.29, 1.82) is 0 Å². The summed E-state index contributed by atoms with van der Waals surface area (Å²) < 4.78 is 4.87. The summed E-state index contributed by atoms with van der Waals surface area (Å²) in [5, 5.41) is 38.7. The highest BCUT2D eigenvalue weighted by molar-refractivity contribution is 5.67. The van der Waals surface area contributed by atoms with Crippen molar-refractivity contribution in [1.82, 2.24) is 0 Å². The summed E-state index contributed by atoms with van der Waals surface area (Å²) in [7, 11) is 1.34. The number of nitro groups is 1. The lowest BCUT2D eigenvalue weighted by Crippen LogP contribution is -2.22. The van der Waals surface area contributed by atoms with Crippen LogP contribution in [0.1, 0.15) is 18.1 Å². The molecular formula is C11H13NO7. The van der Waals surface area contributed by atoms with Gasteiger partial charge in [0, 0.05) is 6.07 Å². The van der Waals surface area contributed by atoms with Gasteiger partial charge in [-0.15, -0.1) is 0 Å². The monoisotopic (exact) mass is 271 g/mol. The summed E-state index contributed by atoms with van der Waals surface area (Å²) in [5.41, 5.74) is -0.615. The highest BCUT2D eigenvalue weighted by Crippen LogP contribution is 2.31. The quantitative estimate of drug-likeness (QED) is 0.506. The Morgan fingerprint density at radius 2 is 2.11 bits per heavy atom. The van der Waals surface area contributed by atoms with E-state index in [1.54, 1.807) is 0 Å². The first kappa shape index (κ1) is 14.9. The molecule has 3 N–H and O–H groups in total. The standard InChI is InChI=1S/C11H13NO7/c1-19-6-2-3-8(12(17)18)7(4-6)11(16)9(13)5-10(14)15/h2-4,9,11,13,16H,5H2,1H3,(H,14,15). The second-order valence-electron chi connectivity index (χ2n) is 3.79. The van der Waals surface area contributed by atoms with Crippen LogP contribution < -0.4 is 4.74 Å². The highest BCUT2D eigenvalue weighted by atomic mass is 16.6. The molecule has 19 heavy (non-hydrogen) atoms. The van der Waals surface area contributed by atoms with E-state index in [-0.39, 0.29) is 11.3 Å². The Morgan fingerprint density at radius 1 is 1.47 bits per heavy atom. The number of nitrogens with zero attached hydrogens (tertiary/aromatic N) is 1. The first-order valence-electron chi connectivity index (χ1n) is 5.27. The van der Waals surface area contributed by atoms with Crippen LogP contribution in [0.2, 0.25) is 0 Å². The molecule has 0 fully saturated rings. The molecular weight excluding hydrogens is 258 g/mol. The van der Waals surface area contributed by atoms with Crippen LogP contribution in [0.3, 0.4) is 0 Å². The van der Waals surface area contributed by atoms with E-state index in [0.29, 0.717) is 0 Å². The van der Waals surface area contributed by atoms with E-state index in [1.165, 1.54) is 19.2 Å². The van der Waals surface area contributed by atoms with Crippen molar-refractivity contribution in [3.8, 4) is 5.75 Å². The molecule has 104 valence electrons. The maximum Gasteiger partial charge on any atom is 0.306 e. The first-order chi connectivity index (χ1) is 8.86. The molecule has 2 unspecified atom stereocenters. The number of aliphatic hydroxyl groups is 2. The highest BCUT2D eigenvalue weighted by Gasteiger charge is 2.28. The van der Waals surface area contributed by atoms with Crippen molar-refractivity contribution >= 4 is 11.7 Å². The molecule has 0 aliphatic heterocycles. The van der Waals surface area contributed by atoms with Crippen molar-refractivity contribution in [3.63, 3.8) is 0 Å². The van der Waals surface area contributed by atoms with E-state index in [2.05, 4.69) is 0 Å². The molecule has 0 saturated carbocycles. The predicted molar refractivity (Wildman–Crippen MR) is 62.9 cm³/mol. The maximum atomic E-state index is 10.8. The minimum absolute atomic E-state index is 0.196. The number of hydrogen-bond donors (Lipinski definition) is 3. The number of ether oxygens (including phenoxy) is 1. The van der Waals surface area contributed by atoms with Crippen LogP contribution in [0.4, 0.5) is 5.69 Å². The summed E-state index contributed by atoms with van der Waals surface area (Å²) >= 11 is 0. The second kappa shape index (κ2) is 6.12. The zero-order chi connectivity index (χ0) is 14.6.